The van der Waals surface area contributed by atoms with Crippen LogP contribution >= 0.6 is 0 Å². The summed E-state index contributed by atoms with van der Waals surface area (Å²) in [6.07, 6.45) is 1.34. The third-order valence-corrected chi connectivity index (χ3v) is 7.85. The summed E-state index contributed by atoms with van der Waals surface area (Å²) in [6.45, 7) is 0.460. The van der Waals surface area contributed by atoms with Crippen molar-refractivity contribution >= 4 is 45.4 Å². The number of carbonyl (C=O) groups is 3. The molecule has 4 aromatic carbocycles. The molecule has 0 aliphatic carbocycles. The Morgan fingerprint density at radius 1 is 0.953 bits per heavy atom. The number of rotatable bonds is 7. The summed E-state index contributed by atoms with van der Waals surface area (Å²) in [5.41, 5.74) is 1.15. The number of fused-ring (bicyclic) bond motifs is 2. The summed E-state index contributed by atoms with van der Waals surface area (Å²) < 4.78 is 5.52. The Balaban J connectivity index is 1.28. The van der Waals surface area contributed by atoms with E-state index in [2.05, 4.69) is 10.3 Å². The monoisotopic (exact) mass is 574 g/mol. The van der Waals surface area contributed by atoms with Gasteiger partial charge in [-0.05, 0) is 53.4 Å². The summed E-state index contributed by atoms with van der Waals surface area (Å²) in [7, 11) is 1.42. The van der Waals surface area contributed by atoms with Crippen LogP contribution in [0.3, 0.4) is 0 Å². The average molecular weight is 575 g/mol. The van der Waals surface area contributed by atoms with Gasteiger partial charge in [-0.15, -0.1) is 0 Å². The highest BCUT2D eigenvalue weighted by Gasteiger charge is 2.37. The zero-order valence-electron chi connectivity index (χ0n) is 23.6. The first kappa shape index (κ1) is 27.8. The van der Waals surface area contributed by atoms with Gasteiger partial charge in [0.1, 0.15) is 12.1 Å². The van der Waals surface area contributed by atoms with Crippen LogP contribution in [0.25, 0.3) is 21.7 Å². The molecule has 1 aliphatic heterocycles. The Labute approximate surface area is 247 Å². The maximum Gasteiger partial charge on any atom is 0.348 e. The van der Waals surface area contributed by atoms with Crippen molar-refractivity contribution in [3.05, 3.63) is 119 Å². The maximum atomic E-state index is 13.8. The van der Waals surface area contributed by atoms with Gasteiger partial charge in [0.05, 0.1) is 10.9 Å². The standard InChI is InChI=1S/C34H30N4O5/c1-37(31(40)24-11-3-2-4-12-24)32(41)28(21-22-17-18-23-10-5-6-13-25(23)20-22)35-30(39)29-16-9-19-38(29)34-36-27-15-8-7-14-26(27)33(42)43-34/h2-8,10-15,17-18,20,28-29H,9,16,19,21H2,1H3,(H,35,39)/t28-,29-/m0/s1. The van der Waals surface area contributed by atoms with Crippen LogP contribution in [0.15, 0.2) is 106 Å². The fourth-order valence-corrected chi connectivity index (χ4v) is 5.58. The van der Waals surface area contributed by atoms with E-state index in [1.54, 1.807) is 59.5 Å². The van der Waals surface area contributed by atoms with Crippen molar-refractivity contribution in [2.45, 2.75) is 31.3 Å². The van der Waals surface area contributed by atoms with Crippen molar-refractivity contribution in [1.82, 2.24) is 15.2 Å². The fourth-order valence-electron chi connectivity index (χ4n) is 5.58. The van der Waals surface area contributed by atoms with E-state index in [1.165, 1.54) is 7.05 Å². The molecule has 0 saturated carbocycles. The van der Waals surface area contributed by atoms with Crippen molar-refractivity contribution in [3.8, 4) is 0 Å². The lowest BCUT2D eigenvalue weighted by atomic mass is 10.00. The predicted molar refractivity (Wildman–Crippen MR) is 164 cm³/mol. The molecule has 1 saturated heterocycles. The molecule has 9 heteroatoms. The normalized spacial score (nSPS) is 15.4. The van der Waals surface area contributed by atoms with E-state index in [9.17, 15) is 19.2 Å². The first-order chi connectivity index (χ1) is 20.9. The van der Waals surface area contributed by atoms with Gasteiger partial charge in [0.2, 0.25) is 5.91 Å². The van der Waals surface area contributed by atoms with Crippen LogP contribution in [0.1, 0.15) is 28.8 Å². The zero-order chi connectivity index (χ0) is 29.9. The molecule has 1 aromatic heterocycles. The number of amides is 3. The number of hydrogen-bond acceptors (Lipinski definition) is 7. The van der Waals surface area contributed by atoms with Gasteiger partial charge in [-0.1, -0.05) is 72.8 Å². The molecular formula is C34H30N4O5. The number of likely N-dealkylation sites (N-methyl/N-ethyl adjacent to an activating group) is 1. The number of nitrogens with zero attached hydrogens (tertiary/aromatic N) is 3. The van der Waals surface area contributed by atoms with Crippen LogP contribution in [0.2, 0.25) is 0 Å². The van der Waals surface area contributed by atoms with Crippen LogP contribution in [0.5, 0.6) is 0 Å². The molecule has 6 rings (SSSR count). The van der Waals surface area contributed by atoms with E-state index >= 15 is 0 Å². The highest BCUT2D eigenvalue weighted by molar-refractivity contribution is 6.06. The lowest BCUT2D eigenvalue weighted by Gasteiger charge is -2.27. The number of benzene rings is 4. The maximum absolute atomic E-state index is 13.8. The average Bonchev–Trinajstić information content (AvgIpc) is 3.54. The third-order valence-electron chi connectivity index (χ3n) is 7.85. The van der Waals surface area contributed by atoms with Gasteiger partial charge in [-0.25, -0.2) is 4.79 Å². The lowest BCUT2D eigenvalue weighted by molar-refractivity contribution is -0.133. The molecule has 1 aliphatic rings. The molecule has 2 atom stereocenters. The number of para-hydroxylation sites is 1. The predicted octanol–water partition coefficient (Wildman–Crippen LogP) is 4.34. The molecule has 1 N–H and O–H groups in total. The van der Waals surface area contributed by atoms with Crippen molar-refractivity contribution in [2.75, 3.05) is 18.5 Å². The van der Waals surface area contributed by atoms with Crippen LogP contribution in [0.4, 0.5) is 6.01 Å². The number of anilines is 1. The summed E-state index contributed by atoms with van der Waals surface area (Å²) in [5.74, 6) is -1.40. The van der Waals surface area contributed by atoms with Crippen molar-refractivity contribution in [3.63, 3.8) is 0 Å². The second-order valence-electron chi connectivity index (χ2n) is 10.7. The summed E-state index contributed by atoms with van der Waals surface area (Å²) >= 11 is 0. The molecule has 0 radical (unpaired) electrons. The first-order valence-electron chi connectivity index (χ1n) is 14.2. The number of aromatic nitrogens is 1. The molecule has 1 fully saturated rings. The minimum Gasteiger partial charge on any atom is -0.389 e. The molecular weight excluding hydrogens is 544 g/mol. The van der Waals surface area contributed by atoms with Gasteiger partial charge in [0.15, 0.2) is 0 Å². The Morgan fingerprint density at radius 2 is 1.67 bits per heavy atom. The second-order valence-corrected chi connectivity index (χ2v) is 10.7. The molecule has 0 bridgehead atoms. The topological polar surface area (TPSA) is 113 Å². The minimum absolute atomic E-state index is 0.0649. The van der Waals surface area contributed by atoms with E-state index < -0.39 is 35.4 Å². The number of nitrogens with one attached hydrogen (secondary N) is 1. The van der Waals surface area contributed by atoms with Gasteiger partial charge in [0, 0.05) is 25.6 Å². The van der Waals surface area contributed by atoms with Gasteiger partial charge in [-0.3, -0.25) is 19.3 Å². The quantitative estimate of drug-likeness (QED) is 0.308. The molecule has 2 heterocycles. The van der Waals surface area contributed by atoms with Gasteiger partial charge < -0.3 is 14.6 Å². The van der Waals surface area contributed by atoms with E-state index in [0.717, 1.165) is 21.2 Å². The van der Waals surface area contributed by atoms with Crippen molar-refractivity contribution < 1.29 is 18.8 Å². The highest BCUT2D eigenvalue weighted by Crippen LogP contribution is 2.25. The number of hydrogen-bond donors (Lipinski definition) is 1. The number of imide groups is 1. The molecule has 9 nitrogen and oxygen atoms in total. The van der Waals surface area contributed by atoms with E-state index in [-0.39, 0.29) is 12.4 Å². The van der Waals surface area contributed by atoms with Crippen molar-refractivity contribution in [2.24, 2.45) is 0 Å². The molecule has 216 valence electrons. The smallest absolute Gasteiger partial charge is 0.348 e. The fraction of sp³-hybridized carbons (Fsp3) is 0.206. The van der Waals surface area contributed by atoms with E-state index in [1.807, 2.05) is 42.5 Å². The van der Waals surface area contributed by atoms with Gasteiger partial charge in [-0.2, -0.15) is 4.98 Å². The molecule has 3 amide bonds. The number of carbonyl (C=O) groups excluding carboxylic acids is 3. The molecule has 43 heavy (non-hydrogen) atoms. The van der Waals surface area contributed by atoms with E-state index in [4.69, 9.17) is 4.42 Å². The summed E-state index contributed by atoms with van der Waals surface area (Å²) in [5, 5.41) is 5.34. The second kappa shape index (κ2) is 11.9. The molecule has 5 aromatic rings. The Kier molecular flexibility index (Phi) is 7.70. The van der Waals surface area contributed by atoms with Gasteiger partial charge in [0.25, 0.3) is 11.8 Å². The highest BCUT2D eigenvalue weighted by atomic mass is 16.4. The Morgan fingerprint density at radius 3 is 2.49 bits per heavy atom. The Hall–Kier alpha value is -5.31. The minimum atomic E-state index is -1.02. The third kappa shape index (κ3) is 5.74. The van der Waals surface area contributed by atoms with Crippen LogP contribution in [-0.2, 0) is 16.0 Å². The lowest BCUT2D eigenvalue weighted by Crippen LogP contribution is -2.54. The largest absolute Gasteiger partial charge is 0.389 e. The zero-order valence-corrected chi connectivity index (χ0v) is 23.6. The van der Waals surface area contributed by atoms with Crippen LogP contribution in [0, 0.1) is 0 Å². The van der Waals surface area contributed by atoms with Crippen LogP contribution < -0.4 is 15.8 Å². The summed E-state index contributed by atoms with van der Waals surface area (Å²) in [4.78, 5) is 60.7. The Bertz CT molecular complexity index is 1890. The van der Waals surface area contributed by atoms with Gasteiger partial charge >= 0.3 is 11.6 Å². The molecule has 0 spiro atoms. The van der Waals surface area contributed by atoms with Crippen LogP contribution in [-0.4, -0.2) is 53.3 Å². The first-order valence-corrected chi connectivity index (χ1v) is 14.2. The van der Waals surface area contributed by atoms with Crippen molar-refractivity contribution in [1.29, 1.82) is 0 Å². The SMILES string of the molecule is CN(C(=O)c1ccccc1)C(=O)[C@H](Cc1ccc2ccccc2c1)NC(=O)[C@@H]1CCCN1c1nc2ccccc2c(=O)o1. The molecule has 0 unspecified atom stereocenters. The summed E-state index contributed by atoms with van der Waals surface area (Å²) in [6, 6.07) is 27.5. The van der Waals surface area contributed by atoms with E-state index in [0.29, 0.717) is 35.9 Å².